The predicted molar refractivity (Wildman–Crippen MR) is 95.9 cm³/mol. The van der Waals surface area contributed by atoms with Gasteiger partial charge in [0.05, 0.1) is 6.61 Å². The first-order valence-corrected chi connectivity index (χ1v) is 8.81. The molecule has 128 valence electrons. The molecule has 0 amide bonds. The van der Waals surface area contributed by atoms with Gasteiger partial charge in [0, 0.05) is 5.41 Å². The number of hydrogen-bond donors (Lipinski definition) is 1. The van der Waals surface area contributed by atoms with Crippen molar-refractivity contribution in [3.63, 3.8) is 0 Å². The van der Waals surface area contributed by atoms with Crippen LogP contribution in [0.3, 0.4) is 0 Å². The summed E-state index contributed by atoms with van der Waals surface area (Å²) in [7, 11) is 0. The molecule has 1 fully saturated rings. The lowest BCUT2D eigenvalue weighted by molar-refractivity contribution is 0.0943. The number of benzene rings is 2. The van der Waals surface area contributed by atoms with Crippen LogP contribution in [-0.2, 0) is 6.42 Å². The number of halogens is 1. The van der Waals surface area contributed by atoms with Gasteiger partial charge < -0.3 is 10.1 Å². The van der Waals surface area contributed by atoms with E-state index in [4.69, 9.17) is 4.74 Å². The maximum atomic E-state index is 13.9. The zero-order valence-electron chi connectivity index (χ0n) is 14.4. The second-order valence-electron chi connectivity index (χ2n) is 6.90. The summed E-state index contributed by atoms with van der Waals surface area (Å²) in [5, 5.41) is 3.43. The minimum atomic E-state index is -0.0959. The predicted octanol–water partition coefficient (Wildman–Crippen LogP) is 4.52. The van der Waals surface area contributed by atoms with Gasteiger partial charge in [0.1, 0.15) is 11.6 Å². The summed E-state index contributed by atoms with van der Waals surface area (Å²) in [6.07, 6.45) is 3.88. The smallest absolute Gasteiger partial charge is 0.126 e. The number of nitrogens with one attached hydrogen (secondary N) is 1. The zero-order valence-corrected chi connectivity index (χ0v) is 14.4. The highest BCUT2D eigenvalue weighted by Gasteiger charge is 2.33. The Bertz CT molecular complexity index is 613. The third-order valence-electron chi connectivity index (χ3n) is 5.17. The van der Waals surface area contributed by atoms with Gasteiger partial charge in [0.2, 0.25) is 0 Å². The van der Waals surface area contributed by atoms with Crippen LogP contribution in [0.25, 0.3) is 0 Å². The number of para-hydroxylation sites is 1. The van der Waals surface area contributed by atoms with Crippen LogP contribution in [0.15, 0.2) is 48.5 Å². The molecule has 2 aromatic carbocycles. The van der Waals surface area contributed by atoms with E-state index in [1.54, 1.807) is 12.1 Å². The lowest BCUT2D eigenvalue weighted by Crippen LogP contribution is -2.41. The molecular formula is C21H26FNO. The van der Waals surface area contributed by atoms with Crippen molar-refractivity contribution in [3.05, 3.63) is 65.5 Å². The van der Waals surface area contributed by atoms with Gasteiger partial charge in [-0.25, -0.2) is 4.39 Å². The van der Waals surface area contributed by atoms with E-state index in [1.807, 2.05) is 30.3 Å². The van der Waals surface area contributed by atoms with E-state index in [2.05, 4.69) is 18.3 Å². The Morgan fingerprint density at radius 2 is 1.75 bits per heavy atom. The second-order valence-corrected chi connectivity index (χ2v) is 6.90. The van der Waals surface area contributed by atoms with Gasteiger partial charge in [-0.1, -0.05) is 36.4 Å². The summed E-state index contributed by atoms with van der Waals surface area (Å²) < 4.78 is 20.1. The van der Waals surface area contributed by atoms with Crippen molar-refractivity contribution < 1.29 is 9.13 Å². The summed E-state index contributed by atoms with van der Waals surface area (Å²) in [6.45, 7) is 4.79. The molecule has 0 unspecified atom stereocenters. The number of piperidine rings is 1. The Morgan fingerprint density at radius 1 is 1.04 bits per heavy atom. The van der Waals surface area contributed by atoms with Crippen LogP contribution in [0, 0.1) is 18.2 Å². The third-order valence-corrected chi connectivity index (χ3v) is 5.17. The molecule has 24 heavy (non-hydrogen) atoms. The Kier molecular flexibility index (Phi) is 5.52. The van der Waals surface area contributed by atoms with Crippen LogP contribution in [0.5, 0.6) is 5.75 Å². The van der Waals surface area contributed by atoms with E-state index in [-0.39, 0.29) is 11.2 Å². The number of ether oxygens (including phenoxy) is 1. The van der Waals surface area contributed by atoms with Gasteiger partial charge in [-0.3, -0.25) is 0 Å². The van der Waals surface area contributed by atoms with Gasteiger partial charge in [-0.2, -0.15) is 0 Å². The van der Waals surface area contributed by atoms with Crippen molar-refractivity contribution in [2.24, 2.45) is 5.41 Å². The molecule has 0 atom stereocenters. The minimum absolute atomic E-state index is 0.0959. The van der Waals surface area contributed by atoms with Crippen LogP contribution in [0.4, 0.5) is 4.39 Å². The first kappa shape index (κ1) is 17.0. The van der Waals surface area contributed by atoms with E-state index in [9.17, 15) is 4.39 Å². The Labute approximate surface area is 144 Å². The fourth-order valence-corrected chi connectivity index (χ4v) is 3.47. The van der Waals surface area contributed by atoms with Crippen LogP contribution < -0.4 is 10.1 Å². The van der Waals surface area contributed by atoms with E-state index in [0.717, 1.165) is 55.6 Å². The molecule has 1 heterocycles. The minimum Gasteiger partial charge on any atom is -0.493 e. The normalized spacial score (nSPS) is 16.8. The van der Waals surface area contributed by atoms with Crippen molar-refractivity contribution in [2.45, 2.75) is 32.6 Å². The number of aryl methyl sites for hydroxylation is 2. The Morgan fingerprint density at radius 3 is 2.50 bits per heavy atom. The molecule has 3 heteroatoms. The highest BCUT2D eigenvalue weighted by atomic mass is 19.1. The van der Waals surface area contributed by atoms with E-state index >= 15 is 0 Å². The molecule has 0 radical (unpaired) electrons. The average molecular weight is 327 g/mol. The van der Waals surface area contributed by atoms with Crippen molar-refractivity contribution in [2.75, 3.05) is 19.7 Å². The quantitative estimate of drug-likeness (QED) is 0.842. The molecule has 1 aliphatic rings. The Balaban J connectivity index is 1.68. The highest BCUT2D eigenvalue weighted by molar-refractivity contribution is 5.31. The maximum absolute atomic E-state index is 13.9. The lowest BCUT2D eigenvalue weighted by Gasteiger charge is -2.37. The van der Waals surface area contributed by atoms with Gasteiger partial charge in [0.25, 0.3) is 0 Å². The van der Waals surface area contributed by atoms with Gasteiger partial charge in [0.15, 0.2) is 0 Å². The number of rotatable bonds is 6. The molecule has 0 spiro atoms. The highest BCUT2D eigenvalue weighted by Crippen LogP contribution is 2.35. The lowest BCUT2D eigenvalue weighted by atomic mass is 9.75. The fraction of sp³-hybridized carbons (Fsp3) is 0.429. The van der Waals surface area contributed by atoms with Crippen molar-refractivity contribution in [1.82, 2.24) is 5.32 Å². The van der Waals surface area contributed by atoms with E-state index in [0.29, 0.717) is 6.61 Å². The molecule has 1 saturated heterocycles. The first-order valence-electron chi connectivity index (χ1n) is 8.81. The van der Waals surface area contributed by atoms with Gasteiger partial charge >= 0.3 is 0 Å². The van der Waals surface area contributed by atoms with Crippen LogP contribution in [0.2, 0.25) is 0 Å². The molecule has 0 aliphatic carbocycles. The summed E-state index contributed by atoms with van der Waals surface area (Å²) >= 11 is 0. The van der Waals surface area contributed by atoms with Crippen molar-refractivity contribution >= 4 is 0 Å². The zero-order chi connectivity index (χ0) is 16.8. The van der Waals surface area contributed by atoms with Crippen molar-refractivity contribution in [1.29, 1.82) is 0 Å². The molecule has 0 bridgehead atoms. The Hall–Kier alpha value is -1.87. The molecule has 0 saturated carbocycles. The number of hydrogen-bond acceptors (Lipinski definition) is 2. The van der Waals surface area contributed by atoms with Gasteiger partial charge in [-0.05, 0) is 69.0 Å². The van der Waals surface area contributed by atoms with Crippen LogP contribution >= 0.6 is 0 Å². The van der Waals surface area contributed by atoms with E-state index < -0.39 is 0 Å². The molecule has 0 aromatic heterocycles. The van der Waals surface area contributed by atoms with Gasteiger partial charge in [-0.15, -0.1) is 0 Å². The standard InChI is InChI=1S/C21H26FNO/c1-17-6-2-5-9-20(17)24-16-21(12-14-23-15-13-21)11-10-18-7-3-4-8-19(18)22/h2-9,23H,10-16H2,1H3. The maximum Gasteiger partial charge on any atom is 0.126 e. The summed E-state index contributed by atoms with van der Waals surface area (Å²) in [6, 6.07) is 15.3. The molecule has 3 rings (SSSR count). The summed E-state index contributed by atoms with van der Waals surface area (Å²) in [4.78, 5) is 0. The second kappa shape index (κ2) is 7.80. The van der Waals surface area contributed by atoms with Crippen molar-refractivity contribution in [3.8, 4) is 5.75 Å². The molecule has 1 aliphatic heterocycles. The molecule has 2 aromatic rings. The largest absolute Gasteiger partial charge is 0.493 e. The molecule has 2 nitrogen and oxygen atoms in total. The summed E-state index contributed by atoms with van der Waals surface area (Å²) in [5.74, 6) is 0.864. The summed E-state index contributed by atoms with van der Waals surface area (Å²) in [5.41, 5.74) is 2.09. The molecule has 1 N–H and O–H groups in total. The van der Waals surface area contributed by atoms with Crippen LogP contribution in [-0.4, -0.2) is 19.7 Å². The topological polar surface area (TPSA) is 21.3 Å². The third kappa shape index (κ3) is 4.15. The first-order chi connectivity index (χ1) is 11.7. The van der Waals surface area contributed by atoms with E-state index in [1.165, 1.54) is 0 Å². The molecular weight excluding hydrogens is 301 g/mol. The van der Waals surface area contributed by atoms with Crippen LogP contribution in [0.1, 0.15) is 30.4 Å². The monoisotopic (exact) mass is 327 g/mol. The SMILES string of the molecule is Cc1ccccc1OCC1(CCc2ccccc2F)CCNCC1. The fourth-order valence-electron chi connectivity index (χ4n) is 3.47. The average Bonchev–Trinajstić information content (AvgIpc) is 2.61.